The number of hydrogen-bond acceptors (Lipinski definition) is 2. The molecule has 1 N–H and O–H groups in total. The second kappa shape index (κ2) is 5.91. The summed E-state index contributed by atoms with van der Waals surface area (Å²) < 4.78 is 0. The molecule has 98 valence electrons. The fraction of sp³-hybridized carbons (Fsp3) is 0.462. The van der Waals surface area contributed by atoms with Crippen LogP contribution < -0.4 is 5.32 Å². The van der Waals surface area contributed by atoms with Crippen LogP contribution >= 0.6 is 23.2 Å². The SMILES string of the molecule is CN(Cc1cc(Cl)cc(Cl)c1)C(=O)C1CCCN1. The van der Waals surface area contributed by atoms with E-state index < -0.39 is 0 Å². The summed E-state index contributed by atoms with van der Waals surface area (Å²) in [6.07, 6.45) is 1.98. The summed E-state index contributed by atoms with van der Waals surface area (Å²) in [5, 5.41) is 4.39. The van der Waals surface area contributed by atoms with Crippen molar-refractivity contribution in [3.8, 4) is 0 Å². The van der Waals surface area contributed by atoms with Gasteiger partial charge in [0.1, 0.15) is 0 Å². The van der Waals surface area contributed by atoms with E-state index in [-0.39, 0.29) is 11.9 Å². The molecule has 18 heavy (non-hydrogen) atoms. The standard InChI is InChI=1S/C13H16Cl2N2O/c1-17(13(18)12-3-2-4-16-12)8-9-5-10(14)7-11(15)6-9/h5-7,12,16H,2-4,8H2,1H3. The van der Waals surface area contributed by atoms with Crippen molar-refractivity contribution in [2.75, 3.05) is 13.6 Å². The summed E-state index contributed by atoms with van der Waals surface area (Å²) in [5.41, 5.74) is 0.946. The first-order chi connectivity index (χ1) is 8.56. The number of carbonyl (C=O) groups is 1. The number of amides is 1. The summed E-state index contributed by atoms with van der Waals surface area (Å²) in [7, 11) is 1.80. The van der Waals surface area contributed by atoms with Gasteiger partial charge in [0.2, 0.25) is 5.91 Å². The van der Waals surface area contributed by atoms with E-state index in [0.29, 0.717) is 16.6 Å². The van der Waals surface area contributed by atoms with E-state index in [0.717, 1.165) is 24.9 Å². The van der Waals surface area contributed by atoms with E-state index in [1.165, 1.54) is 0 Å². The number of nitrogens with zero attached hydrogens (tertiary/aromatic N) is 1. The van der Waals surface area contributed by atoms with Crippen molar-refractivity contribution in [3.05, 3.63) is 33.8 Å². The Morgan fingerprint density at radius 2 is 2.06 bits per heavy atom. The van der Waals surface area contributed by atoms with Crippen LogP contribution in [0.15, 0.2) is 18.2 Å². The van der Waals surface area contributed by atoms with Crippen molar-refractivity contribution in [1.82, 2.24) is 10.2 Å². The zero-order chi connectivity index (χ0) is 13.1. The van der Waals surface area contributed by atoms with Crippen molar-refractivity contribution in [3.63, 3.8) is 0 Å². The molecule has 0 bridgehead atoms. The zero-order valence-electron chi connectivity index (χ0n) is 10.2. The Hall–Kier alpha value is -0.770. The number of carbonyl (C=O) groups excluding carboxylic acids is 1. The molecule has 1 aromatic carbocycles. The highest BCUT2D eigenvalue weighted by Gasteiger charge is 2.24. The molecular weight excluding hydrogens is 271 g/mol. The van der Waals surface area contributed by atoms with Crippen LogP contribution in [-0.2, 0) is 11.3 Å². The minimum absolute atomic E-state index is 0.0374. The van der Waals surface area contributed by atoms with Gasteiger partial charge in [0.25, 0.3) is 0 Å². The number of rotatable bonds is 3. The lowest BCUT2D eigenvalue weighted by Gasteiger charge is -2.21. The summed E-state index contributed by atoms with van der Waals surface area (Å²) >= 11 is 11.9. The summed E-state index contributed by atoms with van der Waals surface area (Å²) in [5.74, 6) is 0.128. The second-order valence-corrected chi connectivity index (χ2v) is 5.49. The number of hydrogen-bond donors (Lipinski definition) is 1. The molecule has 1 aliphatic heterocycles. The first-order valence-corrected chi connectivity index (χ1v) is 6.75. The summed E-state index contributed by atoms with van der Waals surface area (Å²) in [6, 6.07) is 5.32. The molecule has 1 unspecified atom stereocenters. The van der Waals surface area contributed by atoms with E-state index in [2.05, 4.69) is 5.32 Å². The Morgan fingerprint density at radius 1 is 1.39 bits per heavy atom. The number of benzene rings is 1. The van der Waals surface area contributed by atoms with Gasteiger partial charge in [0.05, 0.1) is 6.04 Å². The molecule has 1 aliphatic rings. The molecule has 0 saturated carbocycles. The normalized spacial score (nSPS) is 18.9. The number of nitrogens with one attached hydrogen (secondary N) is 1. The average Bonchev–Trinajstić information content (AvgIpc) is 2.79. The molecule has 0 spiro atoms. The molecule has 1 aromatic rings. The van der Waals surface area contributed by atoms with Gasteiger partial charge >= 0.3 is 0 Å². The Labute approximate surface area is 117 Å². The molecule has 0 aliphatic carbocycles. The van der Waals surface area contributed by atoms with Crippen LogP contribution in [0.2, 0.25) is 10.0 Å². The number of halogens is 2. The van der Waals surface area contributed by atoms with Crippen molar-refractivity contribution in [1.29, 1.82) is 0 Å². The van der Waals surface area contributed by atoms with Gasteiger partial charge in [-0.25, -0.2) is 0 Å². The highest BCUT2D eigenvalue weighted by atomic mass is 35.5. The molecule has 1 atom stereocenters. The Morgan fingerprint density at radius 3 is 2.61 bits per heavy atom. The fourth-order valence-electron chi connectivity index (χ4n) is 2.22. The highest BCUT2D eigenvalue weighted by molar-refractivity contribution is 6.34. The minimum Gasteiger partial charge on any atom is -0.340 e. The van der Waals surface area contributed by atoms with Gasteiger partial charge in [0.15, 0.2) is 0 Å². The maximum absolute atomic E-state index is 12.1. The van der Waals surface area contributed by atoms with E-state index in [4.69, 9.17) is 23.2 Å². The molecular formula is C13H16Cl2N2O. The molecule has 0 radical (unpaired) electrons. The summed E-state index contributed by atoms with van der Waals surface area (Å²) in [4.78, 5) is 13.8. The van der Waals surface area contributed by atoms with Crippen LogP contribution in [0, 0.1) is 0 Å². The third-order valence-electron chi connectivity index (χ3n) is 3.08. The van der Waals surface area contributed by atoms with Gasteiger partial charge < -0.3 is 10.2 Å². The molecule has 1 saturated heterocycles. The van der Waals surface area contributed by atoms with Crippen molar-refractivity contribution in [2.45, 2.75) is 25.4 Å². The first kappa shape index (κ1) is 13.7. The molecule has 5 heteroatoms. The molecule has 3 nitrogen and oxygen atoms in total. The van der Waals surface area contributed by atoms with E-state index in [1.807, 2.05) is 12.1 Å². The van der Waals surface area contributed by atoms with Crippen LogP contribution in [0.5, 0.6) is 0 Å². The third kappa shape index (κ3) is 3.37. The Kier molecular flexibility index (Phi) is 4.49. The first-order valence-electron chi connectivity index (χ1n) is 5.99. The van der Waals surface area contributed by atoms with Crippen LogP contribution in [0.3, 0.4) is 0 Å². The lowest BCUT2D eigenvalue weighted by Crippen LogP contribution is -2.41. The van der Waals surface area contributed by atoms with E-state index in [1.54, 1.807) is 18.0 Å². The van der Waals surface area contributed by atoms with E-state index >= 15 is 0 Å². The zero-order valence-corrected chi connectivity index (χ0v) is 11.8. The van der Waals surface area contributed by atoms with Gasteiger partial charge in [-0.2, -0.15) is 0 Å². The van der Waals surface area contributed by atoms with Gasteiger partial charge in [-0.15, -0.1) is 0 Å². The van der Waals surface area contributed by atoms with Crippen LogP contribution in [0.25, 0.3) is 0 Å². The second-order valence-electron chi connectivity index (χ2n) is 4.62. The maximum Gasteiger partial charge on any atom is 0.239 e. The monoisotopic (exact) mass is 286 g/mol. The van der Waals surface area contributed by atoms with Crippen LogP contribution in [0.1, 0.15) is 18.4 Å². The molecule has 2 rings (SSSR count). The topological polar surface area (TPSA) is 32.3 Å². The third-order valence-corrected chi connectivity index (χ3v) is 3.51. The molecule has 1 heterocycles. The largest absolute Gasteiger partial charge is 0.340 e. The van der Waals surface area contributed by atoms with Crippen LogP contribution in [-0.4, -0.2) is 30.4 Å². The van der Waals surface area contributed by atoms with Crippen molar-refractivity contribution >= 4 is 29.1 Å². The van der Waals surface area contributed by atoms with Gasteiger partial charge in [-0.05, 0) is 43.1 Å². The van der Waals surface area contributed by atoms with Crippen molar-refractivity contribution < 1.29 is 4.79 Å². The van der Waals surface area contributed by atoms with E-state index in [9.17, 15) is 4.79 Å². The minimum atomic E-state index is -0.0374. The smallest absolute Gasteiger partial charge is 0.239 e. The molecule has 0 aromatic heterocycles. The summed E-state index contributed by atoms with van der Waals surface area (Å²) in [6.45, 7) is 1.45. The molecule has 1 fully saturated rings. The lowest BCUT2D eigenvalue weighted by molar-refractivity contribution is -0.132. The van der Waals surface area contributed by atoms with Crippen molar-refractivity contribution in [2.24, 2.45) is 0 Å². The quantitative estimate of drug-likeness (QED) is 0.927. The predicted molar refractivity (Wildman–Crippen MR) is 74.0 cm³/mol. The molecule has 1 amide bonds. The van der Waals surface area contributed by atoms with Gasteiger partial charge in [-0.3, -0.25) is 4.79 Å². The average molecular weight is 287 g/mol. The highest BCUT2D eigenvalue weighted by Crippen LogP contribution is 2.20. The van der Waals surface area contributed by atoms with Gasteiger partial charge in [0, 0.05) is 23.6 Å². The predicted octanol–water partition coefficient (Wildman–Crippen LogP) is 2.70. The van der Waals surface area contributed by atoms with Crippen LogP contribution in [0.4, 0.5) is 0 Å². The maximum atomic E-state index is 12.1. The fourth-order valence-corrected chi connectivity index (χ4v) is 2.79. The Balaban J connectivity index is 2.01. The lowest BCUT2D eigenvalue weighted by atomic mass is 10.1. The number of likely N-dealkylation sites (N-methyl/N-ethyl adjacent to an activating group) is 1. The Bertz CT molecular complexity index is 424. The van der Waals surface area contributed by atoms with Gasteiger partial charge in [-0.1, -0.05) is 23.2 Å².